The van der Waals surface area contributed by atoms with Crippen LogP contribution in [0.4, 0.5) is 0 Å². The summed E-state index contributed by atoms with van der Waals surface area (Å²) in [5, 5.41) is 0. The fourth-order valence-corrected chi connectivity index (χ4v) is 2.44. The molecule has 134 valence electrons. The van der Waals surface area contributed by atoms with Gasteiger partial charge in [0.1, 0.15) is 0 Å². The van der Waals surface area contributed by atoms with Crippen molar-refractivity contribution in [1.82, 2.24) is 0 Å². The predicted molar refractivity (Wildman–Crippen MR) is 99.7 cm³/mol. The van der Waals surface area contributed by atoms with Crippen molar-refractivity contribution in [2.24, 2.45) is 4.99 Å². The standard InChI is InChI=1S/C20H25NO4/c1-6-25-18-9-7-15(11-19(18)23-4)13-21-14(2)16-8-10-17(22-3)20(12-16)24-5/h7-14H,6H2,1-5H3. The van der Waals surface area contributed by atoms with Crippen LogP contribution in [0.1, 0.15) is 31.0 Å². The second kappa shape index (κ2) is 8.97. The minimum Gasteiger partial charge on any atom is -0.493 e. The van der Waals surface area contributed by atoms with Gasteiger partial charge in [-0.05, 0) is 55.3 Å². The van der Waals surface area contributed by atoms with Gasteiger partial charge in [0.05, 0.1) is 34.0 Å². The van der Waals surface area contributed by atoms with Gasteiger partial charge in [-0.25, -0.2) is 0 Å². The lowest BCUT2D eigenvalue weighted by atomic mass is 10.1. The second-order valence-corrected chi connectivity index (χ2v) is 5.41. The number of hydrogen-bond donors (Lipinski definition) is 0. The van der Waals surface area contributed by atoms with E-state index in [0.29, 0.717) is 23.9 Å². The SMILES string of the molecule is CCOc1ccc(C=NC(C)c2ccc(OC)c(OC)c2)cc1OC. The molecule has 5 heteroatoms. The molecule has 2 aromatic rings. The van der Waals surface area contributed by atoms with Crippen molar-refractivity contribution >= 4 is 6.21 Å². The Morgan fingerprint density at radius 2 is 1.52 bits per heavy atom. The molecule has 0 spiro atoms. The van der Waals surface area contributed by atoms with E-state index < -0.39 is 0 Å². The summed E-state index contributed by atoms with van der Waals surface area (Å²) in [5.74, 6) is 2.84. The monoisotopic (exact) mass is 343 g/mol. The molecule has 0 N–H and O–H groups in total. The number of methoxy groups -OCH3 is 3. The van der Waals surface area contributed by atoms with E-state index >= 15 is 0 Å². The molecule has 0 radical (unpaired) electrons. The third-order valence-corrected chi connectivity index (χ3v) is 3.82. The average Bonchev–Trinajstić information content (AvgIpc) is 2.66. The van der Waals surface area contributed by atoms with Gasteiger partial charge in [0, 0.05) is 6.21 Å². The van der Waals surface area contributed by atoms with Gasteiger partial charge in [-0.15, -0.1) is 0 Å². The van der Waals surface area contributed by atoms with Crippen molar-refractivity contribution in [3.05, 3.63) is 47.5 Å². The Morgan fingerprint density at radius 1 is 0.880 bits per heavy atom. The number of aliphatic imine (C=N–C) groups is 1. The van der Waals surface area contributed by atoms with Crippen LogP contribution in [0.2, 0.25) is 0 Å². The molecule has 0 aromatic heterocycles. The lowest BCUT2D eigenvalue weighted by Crippen LogP contribution is -1.97. The molecular weight excluding hydrogens is 318 g/mol. The summed E-state index contributed by atoms with van der Waals surface area (Å²) in [7, 11) is 4.88. The van der Waals surface area contributed by atoms with E-state index in [0.717, 1.165) is 16.9 Å². The molecule has 1 unspecified atom stereocenters. The van der Waals surface area contributed by atoms with Crippen LogP contribution in [0.15, 0.2) is 41.4 Å². The zero-order valence-corrected chi connectivity index (χ0v) is 15.4. The van der Waals surface area contributed by atoms with Crippen molar-refractivity contribution in [2.45, 2.75) is 19.9 Å². The fourth-order valence-electron chi connectivity index (χ4n) is 2.44. The molecule has 0 aliphatic carbocycles. The molecule has 0 aliphatic rings. The van der Waals surface area contributed by atoms with Gasteiger partial charge in [-0.1, -0.05) is 6.07 Å². The molecule has 0 saturated heterocycles. The maximum atomic E-state index is 5.53. The number of rotatable bonds is 8. The van der Waals surface area contributed by atoms with Crippen molar-refractivity contribution in [1.29, 1.82) is 0 Å². The van der Waals surface area contributed by atoms with Gasteiger partial charge in [0.25, 0.3) is 0 Å². The number of hydrogen-bond acceptors (Lipinski definition) is 5. The van der Waals surface area contributed by atoms with E-state index in [2.05, 4.69) is 4.99 Å². The highest BCUT2D eigenvalue weighted by atomic mass is 16.5. The quantitative estimate of drug-likeness (QED) is 0.671. The Labute approximate surface area is 149 Å². The van der Waals surface area contributed by atoms with Crippen molar-refractivity contribution in [3.63, 3.8) is 0 Å². The molecule has 0 saturated carbocycles. The van der Waals surface area contributed by atoms with Crippen molar-refractivity contribution in [2.75, 3.05) is 27.9 Å². The molecule has 2 aromatic carbocycles. The van der Waals surface area contributed by atoms with Crippen LogP contribution in [-0.4, -0.2) is 34.2 Å². The Morgan fingerprint density at radius 3 is 2.16 bits per heavy atom. The predicted octanol–water partition coefficient (Wildman–Crippen LogP) is 4.29. The van der Waals surface area contributed by atoms with Gasteiger partial charge in [0.15, 0.2) is 23.0 Å². The van der Waals surface area contributed by atoms with E-state index in [1.165, 1.54) is 0 Å². The van der Waals surface area contributed by atoms with Crippen LogP contribution >= 0.6 is 0 Å². The van der Waals surface area contributed by atoms with E-state index in [9.17, 15) is 0 Å². The molecule has 25 heavy (non-hydrogen) atoms. The summed E-state index contributed by atoms with van der Waals surface area (Å²) in [6.45, 7) is 4.57. The maximum absolute atomic E-state index is 5.53. The molecule has 0 heterocycles. The van der Waals surface area contributed by atoms with Gasteiger partial charge < -0.3 is 18.9 Å². The van der Waals surface area contributed by atoms with Gasteiger partial charge >= 0.3 is 0 Å². The minimum absolute atomic E-state index is 0.0163. The zero-order chi connectivity index (χ0) is 18.2. The Hall–Kier alpha value is -2.69. The van der Waals surface area contributed by atoms with Crippen LogP contribution in [0, 0.1) is 0 Å². The maximum Gasteiger partial charge on any atom is 0.161 e. The zero-order valence-electron chi connectivity index (χ0n) is 15.4. The number of benzene rings is 2. The highest BCUT2D eigenvalue weighted by molar-refractivity contribution is 5.81. The Kier molecular flexibility index (Phi) is 6.69. The summed E-state index contributed by atoms with van der Waals surface area (Å²) in [4.78, 5) is 4.63. The lowest BCUT2D eigenvalue weighted by molar-refractivity contribution is 0.311. The third kappa shape index (κ3) is 4.66. The second-order valence-electron chi connectivity index (χ2n) is 5.41. The van der Waals surface area contributed by atoms with Crippen molar-refractivity contribution in [3.8, 4) is 23.0 Å². The molecule has 0 bridgehead atoms. The summed E-state index contributed by atoms with van der Waals surface area (Å²) in [6, 6.07) is 11.6. The van der Waals surface area contributed by atoms with E-state index in [1.54, 1.807) is 21.3 Å². The lowest BCUT2D eigenvalue weighted by Gasteiger charge is -2.12. The molecule has 1 atom stereocenters. The Balaban J connectivity index is 2.18. The minimum atomic E-state index is -0.0163. The first-order valence-electron chi connectivity index (χ1n) is 8.18. The van der Waals surface area contributed by atoms with Crippen LogP contribution in [0.3, 0.4) is 0 Å². The third-order valence-electron chi connectivity index (χ3n) is 3.82. The van der Waals surface area contributed by atoms with Crippen LogP contribution in [0.5, 0.6) is 23.0 Å². The summed E-state index contributed by atoms with van der Waals surface area (Å²) < 4.78 is 21.5. The van der Waals surface area contributed by atoms with Gasteiger partial charge in [0.2, 0.25) is 0 Å². The van der Waals surface area contributed by atoms with Crippen LogP contribution in [-0.2, 0) is 0 Å². The first kappa shape index (κ1) is 18.6. The first-order valence-corrected chi connectivity index (χ1v) is 8.18. The van der Waals surface area contributed by atoms with E-state index in [-0.39, 0.29) is 6.04 Å². The topological polar surface area (TPSA) is 49.3 Å². The van der Waals surface area contributed by atoms with Gasteiger partial charge in [-0.2, -0.15) is 0 Å². The first-order chi connectivity index (χ1) is 12.1. The fraction of sp³-hybridized carbons (Fsp3) is 0.350. The highest BCUT2D eigenvalue weighted by Crippen LogP contribution is 2.31. The normalized spacial score (nSPS) is 12.0. The summed E-state index contributed by atoms with van der Waals surface area (Å²) in [5.41, 5.74) is 2.00. The summed E-state index contributed by atoms with van der Waals surface area (Å²) >= 11 is 0. The largest absolute Gasteiger partial charge is 0.493 e. The van der Waals surface area contributed by atoms with Crippen LogP contribution < -0.4 is 18.9 Å². The summed E-state index contributed by atoms with van der Waals surface area (Å²) in [6.07, 6.45) is 1.83. The molecule has 0 fully saturated rings. The van der Waals surface area contributed by atoms with Gasteiger partial charge in [-0.3, -0.25) is 4.99 Å². The molecule has 5 nitrogen and oxygen atoms in total. The van der Waals surface area contributed by atoms with Crippen LogP contribution in [0.25, 0.3) is 0 Å². The van der Waals surface area contributed by atoms with E-state index in [1.807, 2.05) is 56.5 Å². The highest BCUT2D eigenvalue weighted by Gasteiger charge is 2.09. The van der Waals surface area contributed by atoms with Crippen molar-refractivity contribution < 1.29 is 18.9 Å². The molecule has 0 amide bonds. The van der Waals surface area contributed by atoms with E-state index in [4.69, 9.17) is 18.9 Å². The number of ether oxygens (including phenoxy) is 4. The average molecular weight is 343 g/mol. The number of nitrogens with zero attached hydrogens (tertiary/aromatic N) is 1. The molecule has 0 aliphatic heterocycles. The Bertz CT molecular complexity index is 728. The molecule has 2 rings (SSSR count). The smallest absolute Gasteiger partial charge is 0.161 e. The molecular formula is C20H25NO4.